The summed E-state index contributed by atoms with van der Waals surface area (Å²) < 4.78 is 7.20. The van der Waals surface area contributed by atoms with Crippen molar-refractivity contribution in [2.75, 3.05) is 20.3 Å². The first kappa shape index (κ1) is 14.1. The van der Waals surface area contributed by atoms with Crippen LogP contribution in [0.1, 0.15) is 38.5 Å². The first-order chi connectivity index (χ1) is 7.83. The van der Waals surface area contributed by atoms with E-state index in [4.69, 9.17) is 4.74 Å². The molecule has 0 saturated heterocycles. The van der Waals surface area contributed by atoms with Crippen LogP contribution in [0.5, 0.6) is 0 Å². The molecule has 1 unspecified atom stereocenters. The molecule has 5 nitrogen and oxygen atoms in total. The lowest BCUT2D eigenvalue weighted by molar-refractivity contribution is 0.142. The lowest BCUT2D eigenvalue weighted by Crippen LogP contribution is -2.41. The molecule has 1 rings (SSSR count). The number of aryl methyl sites for hydroxylation is 2. The third-order valence-corrected chi connectivity index (χ3v) is 2.48. The Bertz CT molecular complexity index is 354. The summed E-state index contributed by atoms with van der Waals surface area (Å²) in [5.74, 6) is 1.74. The predicted octanol–water partition coefficient (Wildman–Crippen LogP) is 1.47. The predicted molar refractivity (Wildman–Crippen MR) is 68.2 cm³/mol. The fourth-order valence-electron chi connectivity index (χ4n) is 1.71. The van der Waals surface area contributed by atoms with E-state index in [2.05, 4.69) is 36.2 Å². The topological polar surface area (TPSA) is 52.0 Å². The average molecular weight is 240 g/mol. The first-order valence-electron chi connectivity index (χ1n) is 5.97. The molecule has 1 aromatic rings. The largest absolute Gasteiger partial charge is 0.382 e. The molecule has 0 aliphatic heterocycles. The molecule has 17 heavy (non-hydrogen) atoms. The Labute approximate surface area is 104 Å². The van der Waals surface area contributed by atoms with Crippen LogP contribution in [-0.4, -0.2) is 40.6 Å². The molecule has 1 atom stereocenters. The van der Waals surface area contributed by atoms with Gasteiger partial charge in [-0.2, -0.15) is 5.10 Å². The Balaban J connectivity index is 2.75. The van der Waals surface area contributed by atoms with Crippen molar-refractivity contribution in [1.29, 1.82) is 0 Å². The summed E-state index contributed by atoms with van der Waals surface area (Å²) in [5, 5.41) is 7.89. The second-order valence-corrected chi connectivity index (χ2v) is 5.39. The third kappa shape index (κ3) is 4.44. The van der Waals surface area contributed by atoms with Crippen molar-refractivity contribution in [2.45, 2.75) is 46.2 Å². The average Bonchev–Trinajstić information content (AvgIpc) is 2.51. The second kappa shape index (κ2) is 5.60. The minimum atomic E-state index is 0.0928. The van der Waals surface area contributed by atoms with Crippen LogP contribution in [0.3, 0.4) is 0 Å². The van der Waals surface area contributed by atoms with Gasteiger partial charge in [0.2, 0.25) is 0 Å². The number of rotatable bonds is 5. The summed E-state index contributed by atoms with van der Waals surface area (Å²) in [6.07, 6.45) is 0. The van der Waals surface area contributed by atoms with Crippen LogP contribution in [0.2, 0.25) is 0 Å². The summed E-state index contributed by atoms with van der Waals surface area (Å²) in [6, 6.07) is 0.181. The molecule has 0 spiro atoms. The molecule has 0 fully saturated rings. The number of methoxy groups -OCH3 is 1. The molecular formula is C12H24N4O. The highest BCUT2D eigenvalue weighted by Gasteiger charge is 2.18. The Hall–Kier alpha value is -0.940. The van der Waals surface area contributed by atoms with E-state index < -0.39 is 0 Å². The number of ether oxygens (including phenoxy) is 1. The van der Waals surface area contributed by atoms with E-state index in [0.29, 0.717) is 6.61 Å². The molecule has 1 N–H and O–H groups in total. The summed E-state index contributed by atoms with van der Waals surface area (Å²) in [4.78, 5) is 4.33. The van der Waals surface area contributed by atoms with Crippen LogP contribution in [0.25, 0.3) is 0 Å². The first-order valence-corrected chi connectivity index (χ1v) is 5.97. The van der Waals surface area contributed by atoms with E-state index in [9.17, 15) is 0 Å². The highest BCUT2D eigenvalue weighted by Crippen LogP contribution is 2.10. The SMILES string of the molecule is COCC(CNC(C)(C)C)n1nc(C)nc1C. The number of nitrogens with zero attached hydrogens (tertiary/aromatic N) is 3. The lowest BCUT2D eigenvalue weighted by atomic mass is 10.1. The number of nitrogens with one attached hydrogen (secondary N) is 1. The number of hydrogen-bond donors (Lipinski definition) is 1. The number of hydrogen-bond acceptors (Lipinski definition) is 4. The van der Waals surface area contributed by atoms with Gasteiger partial charge in [0.25, 0.3) is 0 Å². The fraction of sp³-hybridized carbons (Fsp3) is 0.833. The fourth-order valence-corrected chi connectivity index (χ4v) is 1.71. The van der Waals surface area contributed by atoms with Gasteiger partial charge in [-0.15, -0.1) is 0 Å². The van der Waals surface area contributed by atoms with Gasteiger partial charge in [0.1, 0.15) is 11.6 Å². The molecule has 0 aliphatic carbocycles. The van der Waals surface area contributed by atoms with Gasteiger partial charge in [0.05, 0.1) is 12.6 Å². The zero-order valence-electron chi connectivity index (χ0n) is 11.7. The molecule has 0 bridgehead atoms. The zero-order valence-corrected chi connectivity index (χ0v) is 11.7. The minimum absolute atomic E-state index is 0.0928. The molecule has 1 heterocycles. The van der Waals surface area contributed by atoms with E-state index in [1.54, 1.807) is 7.11 Å². The van der Waals surface area contributed by atoms with Crippen molar-refractivity contribution in [3.05, 3.63) is 11.6 Å². The van der Waals surface area contributed by atoms with E-state index in [0.717, 1.165) is 18.2 Å². The standard InChI is InChI=1S/C12H24N4O/c1-9-14-10(2)16(15-9)11(8-17-6)7-13-12(3,4)5/h11,13H,7-8H2,1-6H3. The van der Waals surface area contributed by atoms with E-state index >= 15 is 0 Å². The maximum atomic E-state index is 5.26. The van der Waals surface area contributed by atoms with E-state index in [1.165, 1.54) is 0 Å². The lowest BCUT2D eigenvalue weighted by Gasteiger charge is -2.25. The van der Waals surface area contributed by atoms with Crippen molar-refractivity contribution < 1.29 is 4.74 Å². The van der Waals surface area contributed by atoms with Crippen LogP contribution >= 0.6 is 0 Å². The summed E-state index contributed by atoms with van der Waals surface area (Å²) >= 11 is 0. The van der Waals surface area contributed by atoms with Gasteiger partial charge in [0, 0.05) is 19.2 Å². The Morgan fingerprint density at radius 3 is 2.41 bits per heavy atom. The van der Waals surface area contributed by atoms with Gasteiger partial charge in [-0.3, -0.25) is 0 Å². The molecular weight excluding hydrogens is 216 g/mol. The monoisotopic (exact) mass is 240 g/mol. The number of aromatic nitrogens is 3. The van der Waals surface area contributed by atoms with Gasteiger partial charge in [-0.25, -0.2) is 9.67 Å². The van der Waals surface area contributed by atoms with Crippen LogP contribution in [0, 0.1) is 13.8 Å². The van der Waals surface area contributed by atoms with Gasteiger partial charge in [-0.05, 0) is 34.6 Å². The van der Waals surface area contributed by atoms with Crippen molar-refractivity contribution in [3.8, 4) is 0 Å². The van der Waals surface area contributed by atoms with Crippen molar-refractivity contribution in [3.63, 3.8) is 0 Å². The highest BCUT2D eigenvalue weighted by atomic mass is 16.5. The molecule has 98 valence electrons. The molecule has 0 radical (unpaired) electrons. The zero-order chi connectivity index (χ0) is 13.1. The van der Waals surface area contributed by atoms with Crippen LogP contribution in [-0.2, 0) is 4.74 Å². The van der Waals surface area contributed by atoms with Gasteiger partial charge in [0.15, 0.2) is 0 Å². The van der Waals surface area contributed by atoms with Crippen LogP contribution in [0.15, 0.2) is 0 Å². The van der Waals surface area contributed by atoms with Gasteiger partial charge >= 0.3 is 0 Å². The van der Waals surface area contributed by atoms with Gasteiger partial charge in [-0.1, -0.05) is 0 Å². The molecule has 0 amide bonds. The summed E-state index contributed by atoms with van der Waals surface area (Å²) in [6.45, 7) is 11.8. The highest BCUT2D eigenvalue weighted by molar-refractivity contribution is 4.91. The third-order valence-electron chi connectivity index (χ3n) is 2.48. The van der Waals surface area contributed by atoms with E-state index in [-0.39, 0.29) is 11.6 Å². The Morgan fingerprint density at radius 1 is 1.35 bits per heavy atom. The van der Waals surface area contributed by atoms with Crippen molar-refractivity contribution in [2.24, 2.45) is 0 Å². The molecule has 5 heteroatoms. The summed E-state index contributed by atoms with van der Waals surface area (Å²) in [7, 11) is 1.71. The molecule has 0 aromatic carbocycles. The maximum absolute atomic E-state index is 5.26. The quantitative estimate of drug-likeness (QED) is 0.847. The van der Waals surface area contributed by atoms with Crippen molar-refractivity contribution in [1.82, 2.24) is 20.1 Å². The van der Waals surface area contributed by atoms with Crippen molar-refractivity contribution >= 4 is 0 Å². The van der Waals surface area contributed by atoms with Crippen LogP contribution in [0.4, 0.5) is 0 Å². The summed E-state index contributed by atoms with van der Waals surface area (Å²) in [5.41, 5.74) is 0.0928. The smallest absolute Gasteiger partial charge is 0.147 e. The van der Waals surface area contributed by atoms with E-state index in [1.807, 2.05) is 18.5 Å². The minimum Gasteiger partial charge on any atom is -0.382 e. The Morgan fingerprint density at radius 2 is 2.00 bits per heavy atom. The molecule has 0 aliphatic rings. The van der Waals surface area contributed by atoms with Crippen LogP contribution < -0.4 is 5.32 Å². The molecule has 0 saturated carbocycles. The normalized spacial score (nSPS) is 14.0. The second-order valence-electron chi connectivity index (χ2n) is 5.39. The molecule has 1 aromatic heterocycles. The Kier molecular flexibility index (Phi) is 4.65. The maximum Gasteiger partial charge on any atom is 0.147 e. The van der Waals surface area contributed by atoms with Gasteiger partial charge < -0.3 is 10.1 Å².